The van der Waals surface area contributed by atoms with Gasteiger partial charge in [0.25, 0.3) is 0 Å². The molecule has 2 aliphatic heterocycles. The average Bonchev–Trinajstić information content (AvgIpc) is 3.64. The maximum atomic E-state index is 9.31. The van der Waals surface area contributed by atoms with Crippen LogP contribution in [0.3, 0.4) is 0 Å². The van der Waals surface area contributed by atoms with Gasteiger partial charge in [0.15, 0.2) is 0 Å². The first kappa shape index (κ1) is 26.7. The summed E-state index contributed by atoms with van der Waals surface area (Å²) in [5.41, 5.74) is 8.44. The van der Waals surface area contributed by atoms with Gasteiger partial charge < -0.3 is 0 Å². The number of nitrogens with zero attached hydrogens (tertiary/aromatic N) is 2. The van der Waals surface area contributed by atoms with E-state index in [1.165, 1.54) is 50.3 Å². The van der Waals surface area contributed by atoms with Crippen LogP contribution in [-0.4, -0.2) is 0 Å². The lowest BCUT2D eigenvalue weighted by molar-refractivity contribution is 1.46. The van der Waals surface area contributed by atoms with E-state index in [2.05, 4.69) is 74.5 Å². The summed E-state index contributed by atoms with van der Waals surface area (Å²) in [6, 6.07) is 37.7. The molecule has 192 valence electrons. The van der Waals surface area contributed by atoms with Gasteiger partial charge in [0.05, 0.1) is 31.7 Å². The van der Waals surface area contributed by atoms with E-state index in [0.717, 1.165) is 11.1 Å². The highest BCUT2D eigenvalue weighted by Crippen LogP contribution is 2.66. The highest BCUT2D eigenvalue weighted by Gasteiger charge is 2.32. The fourth-order valence-corrected chi connectivity index (χ4v) is 10.1. The first-order chi connectivity index (χ1) is 19.5. The molecule has 0 radical (unpaired) electrons. The minimum absolute atomic E-state index is 0.648. The van der Waals surface area contributed by atoms with E-state index in [1.54, 1.807) is 23.5 Å². The molecule has 0 fully saturated rings. The van der Waals surface area contributed by atoms with E-state index in [1.807, 2.05) is 72.1 Å². The summed E-state index contributed by atoms with van der Waals surface area (Å²) in [4.78, 5) is 4.90. The van der Waals surface area contributed by atoms with Gasteiger partial charge in [-0.15, -0.1) is 0 Å². The number of hydrogen-bond donors (Lipinski definition) is 0. The molecule has 0 amide bonds. The number of aryl methyl sites for hydroxylation is 2. The maximum Gasteiger partial charge on any atom is 0.0991 e. The van der Waals surface area contributed by atoms with Gasteiger partial charge in [0, 0.05) is 19.6 Å². The predicted molar refractivity (Wildman–Crippen MR) is 176 cm³/mol. The van der Waals surface area contributed by atoms with Crippen LogP contribution in [0.5, 0.6) is 0 Å². The Morgan fingerprint density at radius 1 is 0.400 bits per heavy atom. The third kappa shape index (κ3) is 5.42. The second-order valence-electron chi connectivity index (χ2n) is 9.41. The molecule has 0 saturated heterocycles. The Labute approximate surface area is 251 Å². The molecule has 2 nitrogen and oxygen atoms in total. The predicted octanol–water partition coefficient (Wildman–Crippen LogP) is 10.5. The van der Waals surface area contributed by atoms with Crippen molar-refractivity contribution in [2.45, 2.75) is 13.8 Å². The molecule has 40 heavy (non-hydrogen) atoms. The van der Waals surface area contributed by atoms with Crippen molar-refractivity contribution in [3.05, 3.63) is 150 Å². The molecule has 4 aromatic carbocycles. The molecule has 6 rings (SSSR count). The van der Waals surface area contributed by atoms with Gasteiger partial charge in [0.2, 0.25) is 0 Å². The zero-order valence-corrected chi connectivity index (χ0v) is 25.0. The molecule has 4 aromatic rings. The van der Waals surface area contributed by atoms with Crippen LogP contribution >= 0.6 is 47.0 Å². The Morgan fingerprint density at radius 3 is 0.900 bits per heavy atom. The van der Waals surface area contributed by atoms with Crippen LogP contribution < -0.4 is 0 Å². The number of thioether (sulfide) groups is 4. The zero-order chi connectivity index (χ0) is 27.6. The molecular weight excluding hydrogens is 565 g/mol. The Morgan fingerprint density at radius 2 is 0.650 bits per heavy atom. The van der Waals surface area contributed by atoms with Gasteiger partial charge in [-0.25, -0.2) is 0 Å². The Bertz CT molecular complexity index is 1650. The van der Waals surface area contributed by atoms with Gasteiger partial charge >= 0.3 is 0 Å². The number of hydrogen-bond acceptors (Lipinski definition) is 6. The molecule has 2 heterocycles. The molecule has 0 aromatic heterocycles. The van der Waals surface area contributed by atoms with E-state index < -0.39 is 0 Å². The Hall–Kier alpha value is -3.52. The molecule has 0 saturated carbocycles. The molecule has 0 bridgehead atoms. The molecule has 0 aliphatic carbocycles. The first-order valence-electron chi connectivity index (χ1n) is 12.6. The van der Waals surface area contributed by atoms with Crippen LogP contribution in [0.25, 0.3) is 19.6 Å². The fraction of sp³-hybridized carbons (Fsp3) is 0.0588. The van der Waals surface area contributed by atoms with Crippen molar-refractivity contribution in [1.29, 1.82) is 10.5 Å². The van der Waals surface area contributed by atoms with Crippen LogP contribution in [0.15, 0.2) is 106 Å². The summed E-state index contributed by atoms with van der Waals surface area (Å²) in [7, 11) is 0. The summed E-state index contributed by atoms with van der Waals surface area (Å²) < 4.78 is 2.52. The van der Waals surface area contributed by atoms with Crippen LogP contribution in [0.2, 0.25) is 0 Å². The van der Waals surface area contributed by atoms with Crippen molar-refractivity contribution in [2.24, 2.45) is 0 Å². The van der Waals surface area contributed by atoms with Crippen molar-refractivity contribution in [3.63, 3.8) is 0 Å². The lowest BCUT2D eigenvalue weighted by atomic mass is 10.1. The average molecular weight is 587 g/mol. The van der Waals surface area contributed by atoms with E-state index in [9.17, 15) is 10.5 Å². The van der Waals surface area contributed by atoms with Crippen molar-refractivity contribution < 1.29 is 0 Å². The molecule has 0 unspecified atom stereocenters. The van der Waals surface area contributed by atoms with E-state index in [4.69, 9.17) is 0 Å². The zero-order valence-electron chi connectivity index (χ0n) is 21.8. The van der Waals surface area contributed by atoms with Crippen molar-refractivity contribution in [3.8, 4) is 12.1 Å². The molecule has 0 spiro atoms. The maximum absolute atomic E-state index is 9.31. The summed E-state index contributed by atoms with van der Waals surface area (Å²) in [5, 5.41) is 18.6. The summed E-state index contributed by atoms with van der Waals surface area (Å²) in [6.07, 6.45) is 0. The lowest BCUT2D eigenvalue weighted by Gasteiger charge is -2.07. The highest BCUT2D eigenvalue weighted by molar-refractivity contribution is 8.39. The fourth-order valence-electron chi connectivity index (χ4n) is 4.33. The van der Waals surface area contributed by atoms with Crippen molar-refractivity contribution in [1.82, 2.24) is 0 Å². The van der Waals surface area contributed by atoms with E-state index >= 15 is 0 Å². The highest BCUT2D eigenvalue weighted by atomic mass is 32.2. The van der Waals surface area contributed by atoms with E-state index in [-0.39, 0.29) is 0 Å². The van der Waals surface area contributed by atoms with Crippen LogP contribution in [0, 0.1) is 36.5 Å². The Balaban J connectivity index is 1.41. The van der Waals surface area contributed by atoms with Gasteiger partial charge in [-0.2, -0.15) is 10.5 Å². The topological polar surface area (TPSA) is 47.6 Å². The van der Waals surface area contributed by atoms with Crippen molar-refractivity contribution in [2.75, 3.05) is 0 Å². The number of nitriles is 2. The van der Waals surface area contributed by atoms with Crippen LogP contribution in [0.1, 0.15) is 44.5 Å². The number of benzene rings is 4. The Kier molecular flexibility index (Phi) is 7.69. The SMILES string of the molecule is Cc1ccc(C2=C(c3ccc(C)cc3)SC(=C3SC(c4ccc(C#N)cc4)=C(c4ccc(C#N)cc4)S3)S2)cc1. The van der Waals surface area contributed by atoms with Gasteiger partial charge in [-0.1, -0.05) is 131 Å². The third-order valence-corrected chi connectivity index (χ3v) is 12.4. The second kappa shape index (κ2) is 11.5. The minimum Gasteiger partial charge on any atom is -0.192 e. The first-order valence-corrected chi connectivity index (χ1v) is 15.9. The quantitative estimate of drug-likeness (QED) is 0.237. The second-order valence-corrected chi connectivity index (χ2v) is 14.0. The van der Waals surface area contributed by atoms with Gasteiger partial charge in [0.1, 0.15) is 0 Å². The summed E-state index contributed by atoms with van der Waals surface area (Å²) >= 11 is 7.28. The number of rotatable bonds is 4. The molecule has 0 N–H and O–H groups in total. The lowest BCUT2D eigenvalue weighted by Crippen LogP contribution is -1.84. The van der Waals surface area contributed by atoms with Gasteiger partial charge in [-0.05, 0) is 60.4 Å². The van der Waals surface area contributed by atoms with Crippen LogP contribution in [0.4, 0.5) is 0 Å². The van der Waals surface area contributed by atoms with Crippen molar-refractivity contribution >= 4 is 66.7 Å². The largest absolute Gasteiger partial charge is 0.192 e. The molecular formula is C34H22N2S4. The van der Waals surface area contributed by atoms with Crippen LogP contribution in [-0.2, 0) is 0 Å². The van der Waals surface area contributed by atoms with E-state index in [0.29, 0.717) is 11.1 Å². The smallest absolute Gasteiger partial charge is 0.0991 e. The van der Waals surface area contributed by atoms with Gasteiger partial charge in [-0.3, -0.25) is 0 Å². The summed E-state index contributed by atoms with van der Waals surface area (Å²) in [6.45, 7) is 4.24. The third-order valence-electron chi connectivity index (χ3n) is 6.54. The molecule has 0 atom stereocenters. The minimum atomic E-state index is 0.648. The molecule has 2 aliphatic rings. The summed E-state index contributed by atoms with van der Waals surface area (Å²) in [5.74, 6) is 0. The molecule has 6 heteroatoms. The normalized spacial score (nSPS) is 15.0. The standard InChI is InChI=1S/C34H22N2S4/c1-21-3-11-25(12-4-21)29-30(26-13-5-22(2)6-14-26)38-33(37-29)34-39-31(27-15-7-23(19-35)8-16-27)32(40-34)28-17-9-24(20-36)10-18-28/h3-18H,1-2H3. The monoisotopic (exact) mass is 586 g/mol.